The molecule has 188 valence electrons. The topological polar surface area (TPSA) is 86.8 Å². The summed E-state index contributed by atoms with van der Waals surface area (Å²) in [5.41, 5.74) is 2.49. The molecule has 0 spiro atoms. The van der Waals surface area contributed by atoms with Gasteiger partial charge in [-0.2, -0.15) is 0 Å². The van der Waals surface area contributed by atoms with Crippen molar-refractivity contribution in [2.45, 2.75) is 38.4 Å². The van der Waals surface area contributed by atoms with Crippen molar-refractivity contribution in [1.29, 1.82) is 0 Å². The summed E-state index contributed by atoms with van der Waals surface area (Å²) in [5, 5.41) is 3.00. The minimum Gasteiger partial charge on any atom is -0.354 e. The summed E-state index contributed by atoms with van der Waals surface area (Å²) in [5.74, 6) is -0.623. The quantitative estimate of drug-likeness (QED) is 0.571. The van der Waals surface area contributed by atoms with E-state index in [9.17, 15) is 22.4 Å². The number of hydrogen-bond donors (Lipinski definition) is 1. The van der Waals surface area contributed by atoms with E-state index in [0.717, 1.165) is 49.9 Å². The molecule has 2 aliphatic heterocycles. The third kappa shape index (κ3) is 6.67. The number of amides is 2. The first-order valence-electron chi connectivity index (χ1n) is 12.0. The molecule has 0 saturated carbocycles. The standard InChI is InChI=1S/C26H32FN3O4S/c1-35(33,34)15-12-24(30-18-21-4-2-3-5-23(21)26(30)32)25(31)28-16-19-10-13-29(14-11-19)17-20-6-8-22(27)9-7-20/h2-9,19,24H,10-18H2,1H3,(H,28,31). The van der Waals surface area contributed by atoms with Crippen LogP contribution in [0.4, 0.5) is 4.39 Å². The van der Waals surface area contributed by atoms with E-state index in [4.69, 9.17) is 0 Å². The summed E-state index contributed by atoms with van der Waals surface area (Å²) < 4.78 is 36.7. The molecule has 35 heavy (non-hydrogen) atoms. The molecular formula is C26H32FN3O4S. The fourth-order valence-electron chi connectivity index (χ4n) is 4.84. The van der Waals surface area contributed by atoms with E-state index in [1.165, 1.54) is 17.0 Å². The van der Waals surface area contributed by atoms with Crippen molar-refractivity contribution >= 4 is 21.7 Å². The number of rotatable bonds is 9. The second kappa shape index (κ2) is 10.9. The van der Waals surface area contributed by atoms with Crippen LogP contribution in [0.15, 0.2) is 48.5 Å². The lowest BCUT2D eigenvalue weighted by molar-refractivity contribution is -0.126. The van der Waals surface area contributed by atoms with Crippen LogP contribution in [0.25, 0.3) is 0 Å². The van der Waals surface area contributed by atoms with Crippen LogP contribution in [0.5, 0.6) is 0 Å². The number of piperidine rings is 1. The maximum atomic E-state index is 13.2. The number of benzene rings is 2. The lowest BCUT2D eigenvalue weighted by atomic mass is 9.96. The lowest BCUT2D eigenvalue weighted by Crippen LogP contribution is -2.49. The highest BCUT2D eigenvalue weighted by molar-refractivity contribution is 7.90. The van der Waals surface area contributed by atoms with Crippen LogP contribution < -0.4 is 5.32 Å². The van der Waals surface area contributed by atoms with Gasteiger partial charge in [-0.25, -0.2) is 12.8 Å². The van der Waals surface area contributed by atoms with E-state index >= 15 is 0 Å². The summed E-state index contributed by atoms with van der Waals surface area (Å²) >= 11 is 0. The molecule has 0 aromatic heterocycles. The Balaban J connectivity index is 1.32. The molecule has 0 radical (unpaired) electrons. The molecule has 9 heteroatoms. The van der Waals surface area contributed by atoms with Crippen LogP contribution in [0.2, 0.25) is 0 Å². The summed E-state index contributed by atoms with van der Waals surface area (Å²) in [7, 11) is -3.28. The zero-order valence-corrected chi connectivity index (χ0v) is 20.8. The number of fused-ring (bicyclic) bond motifs is 1. The number of nitrogens with one attached hydrogen (secondary N) is 1. The van der Waals surface area contributed by atoms with Gasteiger partial charge in [-0.1, -0.05) is 30.3 Å². The van der Waals surface area contributed by atoms with E-state index in [1.807, 2.05) is 12.1 Å². The Morgan fingerprint density at radius 1 is 1.11 bits per heavy atom. The van der Waals surface area contributed by atoms with Gasteiger partial charge in [-0.05, 0) is 67.6 Å². The van der Waals surface area contributed by atoms with Gasteiger partial charge in [0.25, 0.3) is 5.91 Å². The molecule has 1 fully saturated rings. The molecule has 0 aliphatic carbocycles. The number of carbonyl (C=O) groups excluding carboxylic acids is 2. The van der Waals surface area contributed by atoms with Crippen LogP contribution in [0.1, 0.15) is 40.7 Å². The molecule has 2 aromatic rings. The van der Waals surface area contributed by atoms with Gasteiger partial charge >= 0.3 is 0 Å². The molecule has 2 amide bonds. The van der Waals surface area contributed by atoms with Gasteiger partial charge in [0.15, 0.2) is 0 Å². The molecule has 1 N–H and O–H groups in total. The normalized spacial score (nSPS) is 17.9. The lowest BCUT2D eigenvalue weighted by Gasteiger charge is -2.33. The molecule has 2 aliphatic rings. The van der Waals surface area contributed by atoms with E-state index in [1.54, 1.807) is 24.3 Å². The number of nitrogens with zero attached hydrogens (tertiary/aromatic N) is 2. The highest BCUT2D eigenvalue weighted by atomic mass is 32.2. The van der Waals surface area contributed by atoms with Crippen LogP contribution >= 0.6 is 0 Å². The summed E-state index contributed by atoms with van der Waals surface area (Å²) in [6.45, 7) is 3.33. The SMILES string of the molecule is CS(=O)(=O)CCC(C(=O)NCC1CCN(Cc2ccc(F)cc2)CC1)N1Cc2ccccc2C1=O. The van der Waals surface area contributed by atoms with Crippen molar-refractivity contribution in [1.82, 2.24) is 15.1 Å². The monoisotopic (exact) mass is 501 g/mol. The molecule has 7 nitrogen and oxygen atoms in total. The van der Waals surface area contributed by atoms with Crippen LogP contribution in [-0.2, 0) is 27.7 Å². The Kier molecular flexibility index (Phi) is 7.86. The molecule has 4 rings (SSSR count). The predicted octanol–water partition coefficient (Wildman–Crippen LogP) is 2.61. The Morgan fingerprint density at radius 3 is 2.46 bits per heavy atom. The third-order valence-corrected chi connectivity index (χ3v) is 7.86. The Hall–Kier alpha value is -2.78. The minimum atomic E-state index is -3.28. The summed E-state index contributed by atoms with van der Waals surface area (Å²) in [6.07, 6.45) is 3.05. The number of sulfone groups is 1. The molecule has 2 aromatic carbocycles. The highest BCUT2D eigenvalue weighted by Crippen LogP contribution is 2.26. The van der Waals surface area contributed by atoms with Crippen LogP contribution in [0, 0.1) is 11.7 Å². The smallest absolute Gasteiger partial charge is 0.255 e. The first kappa shape index (κ1) is 25.3. The maximum absolute atomic E-state index is 13.2. The Bertz CT molecular complexity index is 1160. The van der Waals surface area contributed by atoms with Crippen molar-refractivity contribution in [2.75, 3.05) is 31.6 Å². The molecular weight excluding hydrogens is 469 g/mol. The van der Waals surface area contributed by atoms with E-state index < -0.39 is 15.9 Å². The van der Waals surface area contributed by atoms with Gasteiger partial charge in [-0.3, -0.25) is 14.5 Å². The van der Waals surface area contributed by atoms with Gasteiger partial charge in [0.05, 0.1) is 5.75 Å². The fourth-order valence-corrected chi connectivity index (χ4v) is 5.49. The number of halogens is 1. The average molecular weight is 502 g/mol. The van der Waals surface area contributed by atoms with Gasteiger partial charge in [-0.15, -0.1) is 0 Å². The third-order valence-electron chi connectivity index (χ3n) is 6.88. The Labute approximate surface area is 206 Å². The first-order chi connectivity index (χ1) is 16.7. The maximum Gasteiger partial charge on any atom is 0.255 e. The second-order valence-corrected chi connectivity index (χ2v) is 11.9. The average Bonchev–Trinajstić information content (AvgIpc) is 3.16. The fraction of sp³-hybridized carbons (Fsp3) is 0.462. The van der Waals surface area contributed by atoms with Gasteiger partial charge < -0.3 is 10.2 Å². The van der Waals surface area contributed by atoms with Crippen molar-refractivity contribution in [3.8, 4) is 0 Å². The second-order valence-electron chi connectivity index (χ2n) is 9.62. The van der Waals surface area contributed by atoms with E-state index in [0.29, 0.717) is 24.6 Å². The molecule has 0 bridgehead atoms. The van der Waals surface area contributed by atoms with Crippen LogP contribution in [0.3, 0.4) is 0 Å². The van der Waals surface area contributed by atoms with Crippen molar-refractivity contribution in [2.24, 2.45) is 5.92 Å². The molecule has 1 unspecified atom stereocenters. The largest absolute Gasteiger partial charge is 0.354 e. The number of likely N-dealkylation sites (tertiary alicyclic amines) is 1. The summed E-state index contributed by atoms with van der Waals surface area (Å²) in [4.78, 5) is 29.9. The summed E-state index contributed by atoms with van der Waals surface area (Å²) in [6, 6.07) is 13.0. The molecule has 1 saturated heterocycles. The van der Waals surface area contributed by atoms with Crippen molar-refractivity contribution in [3.63, 3.8) is 0 Å². The van der Waals surface area contributed by atoms with Crippen molar-refractivity contribution < 1.29 is 22.4 Å². The highest BCUT2D eigenvalue weighted by Gasteiger charge is 2.36. The molecule has 2 heterocycles. The molecule has 1 atom stereocenters. The zero-order valence-electron chi connectivity index (χ0n) is 20.0. The van der Waals surface area contributed by atoms with Gasteiger partial charge in [0, 0.05) is 31.5 Å². The zero-order chi connectivity index (χ0) is 25.0. The Morgan fingerprint density at radius 2 is 1.80 bits per heavy atom. The first-order valence-corrected chi connectivity index (χ1v) is 14.1. The van der Waals surface area contributed by atoms with Gasteiger partial charge in [0.1, 0.15) is 21.7 Å². The van der Waals surface area contributed by atoms with E-state index in [2.05, 4.69) is 10.2 Å². The number of carbonyl (C=O) groups is 2. The van der Waals surface area contributed by atoms with Crippen LogP contribution in [-0.4, -0.2) is 67.7 Å². The van der Waals surface area contributed by atoms with E-state index in [-0.39, 0.29) is 29.8 Å². The van der Waals surface area contributed by atoms with Crippen molar-refractivity contribution in [3.05, 3.63) is 71.0 Å². The minimum absolute atomic E-state index is 0.0700. The predicted molar refractivity (Wildman–Crippen MR) is 132 cm³/mol. The van der Waals surface area contributed by atoms with Gasteiger partial charge in [0.2, 0.25) is 5.91 Å². The number of hydrogen-bond acceptors (Lipinski definition) is 5.